The molecule has 1 unspecified atom stereocenters. The summed E-state index contributed by atoms with van der Waals surface area (Å²) < 4.78 is 10.8. The molecule has 0 heterocycles. The number of hydrogen-bond acceptors (Lipinski definition) is 5. The van der Waals surface area contributed by atoms with E-state index >= 15 is 0 Å². The maximum atomic E-state index is 12.5. The van der Waals surface area contributed by atoms with Crippen molar-refractivity contribution in [1.29, 1.82) is 0 Å². The average Bonchev–Trinajstić information content (AvgIpc) is 2.49. The van der Waals surface area contributed by atoms with E-state index in [1.165, 1.54) is 6.92 Å². The van der Waals surface area contributed by atoms with Crippen molar-refractivity contribution >= 4 is 11.7 Å². The second-order valence-corrected chi connectivity index (χ2v) is 6.48. The van der Waals surface area contributed by atoms with Crippen LogP contribution in [-0.4, -0.2) is 31.0 Å². The first-order chi connectivity index (χ1) is 11.2. The standard InChI is InChI=1S/C18H27NO5/c1-7-23-16-11-13(8-9-15(16)22-6)14(10-12(2)20)17(21)19-24-18(3,4)5/h8-9,11,14H,7,10H2,1-6H3,(H,19,21). The summed E-state index contributed by atoms with van der Waals surface area (Å²) in [6.45, 7) is 9.27. The smallest absolute Gasteiger partial charge is 0.251 e. The molecule has 1 atom stereocenters. The largest absolute Gasteiger partial charge is 0.493 e. The van der Waals surface area contributed by atoms with Gasteiger partial charge in [0.15, 0.2) is 11.5 Å². The Morgan fingerprint density at radius 2 is 1.88 bits per heavy atom. The van der Waals surface area contributed by atoms with Gasteiger partial charge in [0.05, 0.1) is 25.2 Å². The van der Waals surface area contributed by atoms with Crippen LogP contribution >= 0.6 is 0 Å². The predicted molar refractivity (Wildman–Crippen MR) is 91.2 cm³/mol. The molecule has 0 saturated carbocycles. The summed E-state index contributed by atoms with van der Waals surface area (Å²) >= 11 is 0. The third kappa shape index (κ3) is 6.20. The van der Waals surface area contributed by atoms with Gasteiger partial charge >= 0.3 is 0 Å². The second kappa shape index (κ2) is 8.68. The third-order valence-electron chi connectivity index (χ3n) is 3.16. The fraction of sp³-hybridized carbons (Fsp3) is 0.556. The number of nitrogens with one attached hydrogen (secondary N) is 1. The van der Waals surface area contributed by atoms with Gasteiger partial charge in [0.25, 0.3) is 5.91 Å². The Bertz CT molecular complexity index is 577. The summed E-state index contributed by atoms with van der Waals surface area (Å²) in [5, 5.41) is 0. The number of benzene rings is 1. The lowest BCUT2D eigenvalue weighted by Gasteiger charge is -2.22. The van der Waals surface area contributed by atoms with Crippen molar-refractivity contribution in [3.05, 3.63) is 23.8 Å². The van der Waals surface area contributed by atoms with E-state index in [2.05, 4.69) is 5.48 Å². The van der Waals surface area contributed by atoms with E-state index in [0.717, 1.165) is 0 Å². The molecule has 1 N–H and O–H groups in total. The molecule has 1 rings (SSSR count). The lowest BCUT2D eigenvalue weighted by atomic mass is 9.93. The SMILES string of the molecule is CCOc1cc(C(CC(C)=O)C(=O)NOC(C)(C)C)ccc1OC. The molecular weight excluding hydrogens is 310 g/mol. The summed E-state index contributed by atoms with van der Waals surface area (Å²) in [6, 6.07) is 5.21. The van der Waals surface area contributed by atoms with E-state index in [4.69, 9.17) is 14.3 Å². The van der Waals surface area contributed by atoms with E-state index in [1.807, 2.05) is 27.7 Å². The Morgan fingerprint density at radius 3 is 2.38 bits per heavy atom. The summed E-state index contributed by atoms with van der Waals surface area (Å²) in [6.07, 6.45) is 0.0806. The van der Waals surface area contributed by atoms with Gasteiger partial charge in [0.1, 0.15) is 5.78 Å². The second-order valence-electron chi connectivity index (χ2n) is 6.48. The normalized spacial score (nSPS) is 12.4. The van der Waals surface area contributed by atoms with Gasteiger partial charge in [-0.2, -0.15) is 0 Å². The van der Waals surface area contributed by atoms with E-state index < -0.39 is 11.5 Å². The molecule has 0 saturated heterocycles. The van der Waals surface area contributed by atoms with Gasteiger partial charge in [-0.05, 0) is 52.3 Å². The number of hydrogen-bond donors (Lipinski definition) is 1. The first-order valence-corrected chi connectivity index (χ1v) is 7.96. The van der Waals surface area contributed by atoms with Crippen LogP contribution in [0.5, 0.6) is 11.5 Å². The molecule has 134 valence electrons. The quantitative estimate of drug-likeness (QED) is 0.738. The number of carbonyl (C=O) groups is 2. The van der Waals surface area contributed by atoms with Gasteiger partial charge in [0.2, 0.25) is 0 Å². The zero-order valence-electron chi connectivity index (χ0n) is 15.3. The van der Waals surface area contributed by atoms with Gasteiger partial charge < -0.3 is 9.47 Å². The van der Waals surface area contributed by atoms with Crippen LogP contribution in [0.25, 0.3) is 0 Å². The molecule has 6 heteroatoms. The van der Waals surface area contributed by atoms with E-state index in [-0.39, 0.29) is 18.1 Å². The Balaban J connectivity index is 3.09. The van der Waals surface area contributed by atoms with Crippen molar-refractivity contribution in [2.75, 3.05) is 13.7 Å². The monoisotopic (exact) mass is 337 g/mol. The van der Waals surface area contributed by atoms with Crippen molar-refractivity contribution in [2.45, 2.75) is 52.6 Å². The Kier molecular flexibility index (Phi) is 7.22. The van der Waals surface area contributed by atoms with Crippen LogP contribution in [0.3, 0.4) is 0 Å². The van der Waals surface area contributed by atoms with Crippen LogP contribution < -0.4 is 15.0 Å². The zero-order chi connectivity index (χ0) is 18.3. The number of ketones is 1. The number of rotatable bonds is 8. The fourth-order valence-corrected chi connectivity index (χ4v) is 2.10. The Hall–Kier alpha value is -2.08. The van der Waals surface area contributed by atoms with Crippen molar-refractivity contribution < 1.29 is 23.9 Å². The molecule has 0 aliphatic rings. The molecule has 0 spiro atoms. The summed E-state index contributed by atoms with van der Waals surface area (Å²) in [5.41, 5.74) is 2.59. The Labute approximate surface area is 143 Å². The Morgan fingerprint density at radius 1 is 1.21 bits per heavy atom. The van der Waals surface area contributed by atoms with Gasteiger partial charge in [-0.25, -0.2) is 5.48 Å². The minimum Gasteiger partial charge on any atom is -0.493 e. The molecule has 6 nitrogen and oxygen atoms in total. The van der Waals surface area contributed by atoms with Gasteiger partial charge in [-0.15, -0.1) is 0 Å². The molecule has 0 bridgehead atoms. The molecule has 0 aliphatic heterocycles. The van der Waals surface area contributed by atoms with Crippen LogP contribution in [-0.2, 0) is 14.4 Å². The van der Waals surface area contributed by atoms with E-state index in [1.54, 1.807) is 25.3 Å². The van der Waals surface area contributed by atoms with Crippen LogP contribution in [0.2, 0.25) is 0 Å². The van der Waals surface area contributed by atoms with Crippen molar-refractivity contribution in [1.82, 2.24) is 5.48 Å². The van der Waals surface area contributed by atoms with E-state index in [0.29, 0.717) is 23.7 Å². The summed E-state index contributed by atoms with van der Waals surface area (Å²) in [4.78, 5) is 29.4. The highest BCUT2D eigenvalue weighted by atomic mass is 16.7. The van der Waals surface area contributed by atoms with Gasteiger partial charge in [0, 0.05) is 6.42 Å². The fourth-order valence-electron chi connectivity index (χ4n) is 2.10. The first kappa shape index (κ1) is 20.0. The molecule has 1 aromatic carbocycles. The van der Waals surface area contributed by atoms with Crippen molar-refractivity contribution in [2.24, 2.45) is 0 Å². The number of Topliss-reactive ketones (excluding diaryl/α,β-unsaturated/α-hetero) is 1. The molecule has 1 amide bonds. The van der Waals surface area contributed by atoms with Gasteiger partial charge in [-0.3, -0.25) is 14.4 Å². The number of amides is 1. The lowest BCUT2D eigenvalue weighted by Crippen LogP contribution is -2.37. The number of methoxy groups -OCH3 is 1. The summed E-state index contributed by atoms with van der Waals surface area (Å²) in [5.74, 6) is 0.00602. The van der Waals surface area contributed by atoms with Crippen LogP contribution in [0.1, 0.15) is 52.5 Å². The molecule has 24 heavy (non-hydrogen) atoms. The molecule has 0 aliphatic carbocycles. The average molecular weight is 337 g/mol. The minimum atomic E-state index is -0.657. The molecular formula is C18H27NO5. The molecule has 0 fully saturated rings. The highest BCUT2D eigenvalue weighted by Crippen LogP contribution is 2.32. The van der Waals surface area contributed by atoms with Crippen LogP contribution in [0.4, 0.5) is 0 Å². The topological polar surface area (TPSA) is 73.9 Å². The van der Waals surface area contributed by atoms with Gasteiger partial charge in [-0.1, -0.05) is 6.07 Å². The first-order valence-electron chi connectivity index (χ1n) is 7.96. The van der Waals surface area contributed by atoms with Crippen molar-refractivity contribution in [3.8, 4) is 11.5 Å². The summed E-state index contributed by atoms with van der Waals surface area (Å²) in [7, 11) is 1.55. The molecule has 1 aromatic rings. The third-order valence-corrected chi connectivity index (χ3v) is 3.16. The van der Waals surface area contributed by atoms with Crippen molar-refractivity contribution in [3.63, 3.8) is 0 Å². The maximum Gasteiger partial charge on any atom is 0.251 e. The molecule has 0 radical (unpaired) electrons. The lowest BCUT2D eigenvalue weighted by molar-refractivity contribution is -0.148. The van der Waals surface area contributed by atoms with E-state index in [9.17, 15) is 9.59 Å². The van der Waals surface area contributed by atoms with Crippen LogP contribution in [0, 0.1) is 0 Å². The number of hydroxylamine groups is 1. The maximum absolute atomic E-state index is 12.5. The number of carbonyl (C=O) groups excluding carboxylic acids is 2. The molecule has 0 aromatic heterocycles. The van der Waals surface area contributed by atoms with Crippen LogP contribution in [0.15, 0.2) is 18.2 Å². The highest BCUT2D eigenvalue weighted by molar-refractivity contribution is 5.89. The zero-order valence-corrected chi connectivity index (χ0v) is 15.3. The predicted octanol–water partition coefficient (Wildman–Crippen LogP) is 3.00. The highest BCUT2D eigenvalue weighted by Gasteiger charge is 2.25. The number of ether oxygens (including phenoxy) is 2. The minimum absolute atomic E-state index is 0.0806.